The third kappa shape index (κ3) is 3.71. The van der Waals surface area contributed by atoms with Crippen LogP contribution in [0.2, 0.25) is 5.02 Å². The van der Waals surface area contributed by atoms with E-state index in [2.05, 4.69) is 5.32 Å². The molecule has 0 aliphatic heterocycles. The highest BCUT2D eigenvalue weighted by atomic mass is 35.5. The molecule has 0 radical (unpaired) electrons. The summed E-state index contributed by atoms with van der Waals surface area (Å²) in [6.45, 7) is 0. The largest absolute Gasteiger partial charge is 0.391 e. The third-order valence-corrected chi connectivity index (χ3v) is 4.01. The molecule has 1 fully saturated rings. The molecule has 0 bridgehead atoms. The number of para-hydroxylation sites is 1. The molecule has 0 spiro atoms. The molecule has 2 atom stereocenters. The van der Waals surface area contributed by atoms with E-state index in [1.165, 1.54) is 18.2 Å². The summed E-state index contributed by atoms with van der Waals surface area (Å²) in [4.78, 5) is 22.6. The first-order valence-corrected chi connectivity index (χ1v) is 7.30. The van der Waals surface area contributed by atoms with Crippen molar-refractivity contribution in [3.05, 3.63) is 38.9 Å². The van der Waals surface area contributed by atoms with Gasteiger partial charge in [-0.1, -0.05) is 36.9 Å². The zero-order chi connectivity index (χ0) is 15.4. The van der Waals surface area contributed by atoms with E-state index in [9.17, 15) is 20.0 Å². The molecular weight excluding hydrogens is 296 g/mol. The van der Waals surface area contributed by atoms with Crippen molar-refractivity contribution in [3.8, 4) is 0 Å². The third-order valence-electron chi connectivity index (χ3n) is 3.71. The SMILES string of the molecule is O=C(NC1CCCCCC1O)c1cccc(Cl)c1[N+](=O)[O-]. The molecule has 1 aliphatic carbocycles. The minimum absolute atomic E-state index is 0.0749. The second-order valence-corrected chi connectivity index (χ2v) is 5.59. The van der Waals surface area contributed by atoms with Crippen molar-refractivity contribution in [1.82, 2.24) is 5.32 Å². The van der Waals surface area contributed by atoms with Crippen molar-refractivity contribution in [1.29, 1.82) is 0 Å². The number of nitrogens with zero attached hydrogens (tertiary/aromatic N) is 1. The maximum atomic E-state index is 12.3. The Balaban J connectivity index is 2.20. The number of carbonyl (C=O) groups excluding carboxylic acids is 1. The summed E-state index contributed by atoms with van der Waals surface area (Å²) < 4.78 is 0. The molecule has 21 heavy (non-hydrogen) atoms. The quantitative estimate of drug-likeness (QED) is 0.510. The van der Waals surface area contributed by atoms with Crippen LogP contribution in [0.3, 0.4) is 0 Å². The van der Waals surface area contributed by atoms with E-state index in [4.69, 9.17) is 11.6 Å². The Morgan fingerprint density at radius 3 is 2.76 bits per heavy atom. The van der Waals surface area contributed by atoms with Crippen LogP contribution in [0.5, 0.6) is 0 Å². The minimum Gasteiger partial charge on any atom is -0.391 e. The van der Waals surface area contributed by atoms with Crippen molar-refractivity contribution < 1.29 is 14.8 Å². The van der Waals surface area contributed by atoms with Crippen molar-refractivity contribution in [2.45, 2.75) is 44.2 Å². The van der Waals surface area contributed by atoms with Crippen molar-refractivity contribution >= 4 is 23.2 Å². The Morgan fingerprint density at radius 1 is 1.33 bits per heavy atom. The molecule has 0 heterocycles. The lowest BCUT2D eigenvalue weighted by atomic mass is 10.0. The zero-order valence-electron chi connectivity index (χ0n) is 11.4. The van der Waals surface area contributed by atoms with Crippen LogP contribution < -0.4 is 5.32 Å². The number of nitro benzene ring substituents is 1. The van der Waals surface area contributed by atoms with Crippen molar-refractivity contribution in [3.63, 3.8) is 0 Å². The van der Waals surface area contributed by atoms with Crippen LogP contribution in [0.15, 0.2) is 18.2 Å². The summed E-state index contributed by atoms with van der Waals surface area (Å²) in [6, 6.07) is 3.85. The van der Waals surface area contributed by atoms with Gasteiger partial charge in [0.2, 0.25) is 0 Å². The summed E-state index contributed by atoms with van der Waals surface area (Å²) in [5.41, 5.74) is -0.483. The highest BCUT2D eigenvalue weighted by molar-refractivity contribution is 6.33. The molecule has 2 unspecified atom stereocenters. The van der Waals surface area contributed by atoms with Gasteiger partial charge in [0, 0.05) is 0 Å². The highest BCUT2D eigenvalue weighted by Gasteiger charge is 2.28. The molecule has 1 aliphatic rings. The van der Waals surface area contributed by atoms with Crippen LogP contribution in [0.1, 0.15) is 42.5 Å². The molecule has 2 N–H and O–H groups in total. The molecule has 114 valence electrons. The summed E-state index contributed by atoms with van der Waals surface area (Å²) in [5.74, 6) is -0.574. The van der Waals surface area contributed by atoms with Crippen molar-refractivity contribution in [2.24, 2.45) is 0 Å². The normalized spacial score (nSPS) is 22.4. The van der Waals surface area contributed by atoms with Crippen LogP contribution in [0.4, 0.5) is 5.69 Å². The number of aliphatic hydroxyl groups excluding tert-OH is 1. The minimum atomic E-state index is -0.666. The number of nitro groups is 1. The molecular formula is C14H17ClN2O4. The number of aliphatic hydroxyl groups is 1. The summed E-state index contributed by atoms with van der Waals surface area (Å²) in [5, 5.41) is 23.7. The second kappa shape index (κ2) is 6.87. The Kier molecular flexibility index (Phi) is 5.14. The molecule has 1 saturated carbocycles. The van der Waals surface area contributed by atoms with Crippen LogP contribution in [0.25, 0.3) is 0 Å². The smallest absolute Gasteiger partial charge is 0.300 e. The van der Waals surface area contributed by atoms with Gasteiger partial charge < -0.3 is 10.4 Å². The standard InChI is InChI=1S/C14H17ClN2O4/c15-10-6-4-5-9(13(10)17(20)21)14(19)16-11-7-2-1-3-8-12(11)18/h4-6,11-12,18H,1-3,7-8H2,(H,16,19). The molecule has 2 rings (SSSR count). The molecule has 1 amide bonds. The van der Waals surface area contributed by atoms with Crippen LogP contribution in [-0.4, -0.2) is 28.1 Å². The van der Waals surface area contributed by atoms with Crippen molar-refractivity contribution in [2.75, 3.05) is 0 Å². The van der Waals surface area contributed by atoms with Gasteiger partial charge in [-0.3, -0.25) is 14.9 Å². The molecule has 6 nitrogen and oxygen atoms in total. The average molecular weight is 313 g/mol. The van der Waals surface area contributed by atoms with Gasteiger partial charge in [0.1, 0.15) is 10.6 Å². The van der Waals surface area contributed by atoms with E-state index >= 15 is 0 Å². The molecule has 7 heteroatoms. The first-order valence-electron chi connectivity index (χ1n) is 6.92. The van der Waals surface area contributed by atoms with E-state index < -0.39 is 22.6 Å². The number of hydrogen-bond donors (Lipinski definition) is 2. The van der Waals surface area contributed by atoms with Crippen LogP contribution >= 0.6 is 11.6 Å². The van der Waals surface area contributed by atoms with E-state index in [1.807, 2.05) is 0 Å². The predicted octanol–water partition coefficient (Wildman–Crippen LogP) is 2.67. The van der Waals surface area contributed by atoms with E-state index in [0.29, 0.717) is 12.8 Å². The van der Waals surface area contributed by atoms with E-state index in [-0.39, 0.29) is 16.6 Å². The number of rotatable bonds is 3. The predicted molar refractivity (Wildman–Crippen MR) is 78.5 cm³/mol. The van der Waals surface area contributed by atoms with Gasteiger partial charge in [0.05, 0.1) is 17.1 Å². The molecule has 1 aromatic rings. The lowest BCUT2D eigenvalue weighted by molar-refractivity contribution is -0.385. The number of benzene rings is 1. The van der Waals surface area contributed by atoms with Gasteiger partial charge in [0.25, 0.3) is 5.91 Å². The lowest BCUT2D eigenvalue weighted by Crippen LogP contribution is -2.42. The summed E-state index contributed by atoms with van der Waals surface area (Å²) >= 11 is 5.79. The Hall–Kier alpha value is -1.66. The fraction of sp³-hybridized carbons (Fsp3) is 0.500. The Morgan fingerprint density at radius 2 is 2.05 bits per heavy atom. The fourth-order valence-electron chi connectivity index (χ4n) is 2.59. The van der Waals surface area contributed by atoms with Gasteiger partial charge >= 0.3 is 5.69 Å². The van der Waals surface area contributed by atoms with E-state index in [1.54, 1.807) is 0 Å². The lowest BCUT2D eigenvalue weighted by Gasteiger charge is -2.21. The second-order valence-electron chi connectivity index (χ2n) is 5.18. The first-order chi connectivity index (χ1) is 10.0. The van der Waals surface area contributed by atoms with Gasteiger partial charge in [0.15, 0.2) is 0 Å². The zero-order valence-corrected chi connectivity index (χ0v) is 12.2. The first kappa shape index (κ1) is 15.7. The van der Waals surface area contributed by atoms with Gasteiger partial charge in [-0.25, -0.2) is 0 Å². The fourth-order valence-corrected chi connectivity index (χ4v) is 2.83. The van der Waals surface area contributed by atoms with Gasteiger partial charge in [-0.15, -0.1) is 0 Å². The van der Waals surface area contributed by atoms with Crippen LogP contribution in [0, 0.1) is 10.1 Å². The average Bonchev–Trinajstić information content (AvgIpc) is 2.63. The molecule has 0 saturated heterocycles. The highest BCUT2D eigenvalue weighted by Crippen LogP contribution is 2.28. The van der Waals surface area contributed by atoms with Gasteiger partial charge in [-0.2, -0.15) is 0 Å². The number of hydrogen-bond acceptors (Lipinski definition) is 4. The van der Waals surface area contributed by atoms with Gasteiger partial charge in [-0.05, 0) is 25.0 Å². The Labute approximate surface area is 127 Å². The monoisotopic (exact) mass is 312 g/mol. The number of carbonyl (C=O) groups is 1. The maximum Gasteiger partial charge on any atom is 0.300 e. The summed E-state index contributed by atoms with van der Waals surface area (Å²) in [6.07, 6.45) is 3.53. The number of nitrogens with one attached hydrogen (secondary N) is 1. The van der Waals surface area contributed by atoms with Crippen LogP contribution in [-0.2, 0) is 0 Å². The maximum absolute atomic E-state index is 12.3. The van der Waals surface area contributed by atoms with E-state index in [0.717, 1.165) is 19.3 Å². The summed E-state index contributed by atoms with van der Waals surface area (Å²) in [7, 11) is 0. The number of halogens is 1. The molecule has 0 aromatic heterocycles. The number of amides is 1. The Bertz CT molecular complexity index is 550. The molecule has 1 aromatic carbocycles. The topological polar surface area (TPSA) is 92.5 Å².